The number of pyridine rings is 1. The maximum atomic E-state index is 10.7. The summed E-state index contributed by atoms with van der Waals surface area (Å²) >= 11 is 0. The molecule has 0 saturated carbocycles. The maximum Gasteiger partial charge on any atom is 0.290 e. The molecule has 2 heterocycles. The largest absolute Gasteiger partial charge is 0.370 e. The molecule has 0 amide bonds. The molecule has 0 aromatic carbocycles. The van der Waals surface area contributed by atoms with E-state index < -0.39 is 4.92 Å². The minimum absolute atomic E-state index is 0.0267. The molecule has 0 radical (unpaired) electrons. The minimum Gasteiger partial charge on any atom is -0.370 e. The second-order valence-corrected chi connectivity index (χ2v) is 4.15. The fourth-order valence-electron chi connectivity index (χ4n) is 1.67. The van der Waals surface area contributed by atoms with E-state index in [1.54, 1.807) is 19.3 Å². The molecular formula is C11H14N6O2. The molecule has 8 heteroatoms. The molecule has 0 saturated heterocycles. The highest BCUT2D eigenvalue weighted by atomic mass is 16.6. The first-order chi connectivity index (χ1) is 9.08. The number of anilines is 1. The summed E-state index contributed by atoms with van der Waals surface area (Å²) in [6.07, 6.45) is 3.61. The van der Waals surface area contributed by atoms with Crippen LogP contribution in [0.1, 0.15) is 11.4 Å². The van der Waals surface area contributed by atoms with Crippen molar-refractivity contribution in [2.45, 2.75) is 13.3 Å². The summed E-state index contributed by atoms with van der Waals surface area (Å²) in [5.74, 6) is 1.48. The van der Waals surface area contributed by atoms with Crippen molar-refractivity contribution in [1.29, 1.82) is 0 Å². The van der Waals surface area contributed by atoms with Gasteiger partial charge in [-0.15, -0.1) is 10.2 Å². The fourth-order valence-corrected chi connectivity index (χ4v) is 1.67. The van der Waals surface area contributed by atoms with Gasteiger partial charge in [-0.1, -0.05) is 0 Å². The zero-order chi connectivity index (χ0) is 13.8. The standard InChI is InChI=1S/C11H14N6O2/c1-8-5-10(13-6-9(8)17(18)19)12-4-3-11-15-14-7-16(11)2/h5-7H,3-4H2,1-2H3,(H,12,13). The number of hydrogen-bond donors (Lipinski definition) is 1. The van der Waals surface area contributed by atoms with Gasteiger partial charge in [0, 0.05) is 25.6 Å². The number of aryl methyl sites for hydroxylation is 2. The third-order valence-electron chi connectivity index (χ3n) is 2.74. The van der Waals surface area contributed by atoms with Crippen LogP contribution in [0.15, 0.2) is 18.6 Å². The molecule has 2 aromatic heterocycles. The lowest BCUT2D eigenvalue weighted by atomic mass is 10.2. The zero-order valence-corrected chi connectivity index (χ0v) is 10.7. The maximum absolute atomic E-state index is 10.7. The van der Waals surface area contributed by atoms with Gasteiger partial charge in [0.05, 0.1) is 4.92 Å². The van der Waals surface area contributed by atoms with Crippen LogP contribution in [0, 0.1) is 17.0 Å². The van der Waals surface area contributed by atoms with E-state index in [1.165, 1.54) is 6.20 Å². The second kappa shape index (κ2) is 5.42. The van der Waals surface area contributed by atoms with E-state index in [9.17, 15) is 10.1 Å². The Morgan fingerprint density at radius 1 is 1.53 bits per heavy atom. The van der Waals surface area contributed by atoms with Crippen molar-refractivity contribution >= 4 is 11.5 Å². The van der Waals surface area contributed by atoms with Crippen LogP contribution in [0.2, 0.25) is 0 Å². The van der Waals surface area contributed by atoms with Crippen LogP contribution in [-0.2, 0) is 13.5 Å². The summed E-state index contributed by atoms with van der Waals surface area (Å²) in [5.41, 5.74) is 0.611. The SMILES string of the molecule is Cc1cc(NCCc2nncn2C)ncc1[N+](=O)[O-]. The van der Waals surface area contributed by atoms with Crippen LogP contribution < -0.4 is 5.32 Å². The first-order valence-corrected chi connectivity index (χ1v) is 5.75. The first kappa shape index (κ1) is 12.9. The molecule has 0 aliphatic rings. The third-order valence-corrected chi connectivity index (χ3v) is 2.74. The number of nitrogens with one attached hydrogen (secondary N) is 1. The van der Waals surface area contributed by atoms with Gasteiger partial charge in [-0.25, -0.2) is 4.98 Å². The summed E-state index contributed by atoms with van der Waals surface area (Å²) in [5, 5.41) is 21.5. The van der Waals surface area contributed by atoms with Gasteiger partial charge >= 0.3 is 0 Å². The minimum atomic E-state index is -0.439. The van der Waals surface area contributed by atoms with E-state index in [0.717, 1.165) is 5.82 Å². The molecular weight excluding hydrogens is 248 g/mol. The molecule has 1 N–H and O–H groups in total. The molecule has 0 aliphatic heterocycles. The van der Waals surface area contributed by atoms with Crippen LogP contribution >= 0.6 is 0 Å². The van der Waals surface area contributed by atoms with E-state index in [4.69, 9.17) is 0 Å². The van der Waals surface area contributed by atoms with Crippen LogP contribution in [0.5, 0.6) is 0 Å². The lowest BCUT2D eigenvalue weighted by Crippen LogP contribution is -2.10. The number of rotatable bonds is 5. The second-order valence-electron chi connectivity index (χ2n) is 4.15. The highest BCUT2D eigenvalue weighted by molar-refractivity contribution is 5.46. The molecule has 8 nitrogen and oxygen atoms in total. The Morgan fingerprint density at radius 3 is 2.89 bits per heavy atom. The predicted octanol–water partition coefficient (Wildman–Crippen LogP) is 1.08. The summed E-state index contributed by atoms with van der Waals surface area (Å²) in [6.45, 7) is 2.32. The molecule has 0 spiro atoms. The van der Waals surface area contributed by atoms with Crippen molar-refractivity contribution in [1.82, 2.24) is 19.7 Å². The number of hydrogen-bond acceptors (Lipinski definition) is 6. The van der Waals surface area contributed by atoms with E-state index in [0.29, 0.717) is 24.3 Å². The first-order valence-electron chi connectivity index (χ1n) is 5.75. The molecule has 2 aromatic rings. The van der Waals surface area contributed by atoms with E-state index in [-0.39, 0.29) is 5.69 Å². The topological polar surface area (TPSA) is 98.8 Å². The molecule has 0 atom stereocenters. The van der Waals surface area contributed by atoms with Gasteiger partial charge in [-0.05, 0) is 13.0 Å². The molecule has 100 valence electrons. The molecule has 0 aliphatic carbocycles. The van der Waals surface area contributed by atoms with Crippen LogP contribution in [0.25, 0.3) is 0 Å². The van der Waals surface area contributed by atoms with Crippen molar-refractivity contribution < 1.29 is 4.92 Å². The number of aromatic nitrogens is 4. The Hall–Kier alpha value is -2.51. The zero-order valence-electron chi connectivity index (χ0n) is 10.7. The van der Waals surface area contributed by atoms with Crippen molar-refractivity contribution in [2.24, 2.45) is 7.05 Å². The van der Waals surface area contributed by atoms with Gasteiger partial charge < -0.3 is 9.88 Å². The van der Waals surface area contributed by atoms with Crippen LogP contribution in [0.3, 0.4) is 0 Å². The molecule has 0 bridgehead atoms. The quantitative estimate of drug-likeness (QED) is 0.639. The van der Waals surface area contributed by atoms with Gasteiger partial charge in [-0.2, -0.15) is 0 Å². The molecule has 0 fully saturated rings. The van der Waals surface area contributed by atoms with Gasteiger partial charge in [0.25, 0.3) is 5.69 Å². The Kier molecular flexibility index (Phi) is 3.69. The Labute approximate surface area is 109 Å². The van der Waals surface area contributed by atoms with Crippen LogP contribution in [-0.4, -0.2) is 31.2 Å². The van der Waals surface area contributed by atoms with Crippen molar-refractivity contribution in [3.8, 4) is 0 Å². The summed E-state index contributed by atoms with van der Waals surface area (Å²) < 4.78 is 1.84. The normalized spacial score (nSPS) is 10.4. The van der Waals surface area contributed by atoms with E-state index >= 15 is 0 Å². The number of nitro groups is 1. The smallest absolute Gasteiger partial charge is 0.290 e. The average molecular weight is 262 g/mol. The lowest BCUT2D eigenvalue weighted by molar-refractivity contribution is -0.385. The lowest BCUT2D eigenvalue weighted by Gasteiger charge is -2.06. The molecule has 0 unspecified atom stereocenters. The van der Waals surface area contributed by atoms with Gasteiger partial charge in [-0.3, -0.25) is 10.1 Å². The highest BCUT2D eigenvalue weighted by Gasteiger charge is 2.11. The van der Waals surface area contributed by atoms with E-state index in [1.807, 2.05) is 11.6 Å². The Balaban J connectivity index is 1.95. The average Bonchev–Trinajstić information content (AvgIpc) is 2.75. The molecule has 19 heavy (non-hydrogen) atoms. The van der Waals surface area contributed by atoms with Crippen molar-refractivity contribution in [2.75, 3.05) is 11.9 Å². The summed E-state index contributed by atoms with van der Waals surface area (Å²) in [6, 6.07) is 1.66. The third kappa shape index (κ3) is 3.03. The van der Waals surface area contributed by atoms with Crippen LogP contribution in [0.4, 0.5) is 11.5 Å². The van der Waals surface area contributed by atoms with Gasteiger partial charge in [0.1, 0.15) is 24.2 Å². The van der Waals surface area contributed by atoms with E-state index in [2.05, 4.69) is 20.5 Å². The predicted molar refractivity (Wildman–Crippen MR) is 68.8 cm³/mol. The van der Waals surface area contributed by atoms with Crippen molar-refractivity contribution in [3.05, 3.63) is 40.1 Å². The molecule has 2 rings (SSSR count). The van der Waals surface area contributed by atoms with Gasteiger partial charge in [0.15, 0.2) is 0 Å². The highest BCUT2D eigenvalue weighted by Crippen LogP contribution is 2.18. The monoisotopic (exact) mass is 262 g/mol. The van der Waals surface area contributed by atoms with Gasteiger partial charge in [0.2, 0.25) is 0 Å². The fraction of sp³-hybridized carbons (Fsp3) is 0.364. The summed E-state index contributed by atoms with van der Waals surface area (Å²) in [4.78, 5) is 14.2. The summed E-state index contributed by atoms with van der Waals surface area (Å²) in [7, 11) is 1.88. The Morgan fingerprint density at radius 2 is 2.32 bits per heavy atom. The van der Waals surface area contributed by atoms with Crippen molar-refractivity contribution in [3.63, 3.8) is 0 Å². The number of nitrogens with zero attached hydrogens (tertiary/aromatic N) is 5. The Bertz CT molecular complexity index is 595.